The van der Waals surface area contributed by atoms with Gasteiger partial charge in [0.05, 0.1) is 0 Å². The van der Waals surface area contributed by atoms with Gasteiger partial charge in [0, 0.05) is 5.02 Å². The SMILES string of the molecule is C=C(/C=C/c1ccc(C)c(C)c1)c1ccc(Cl)cc1. The lowest BCUT2D eigenvalue weighted by molar-refractivity contribution is 1.33. The summed E-state index contributed by atoms with van der Waals surface area (Å²) in [4.78, 5) is 0. The highest BCUT2D eigenvalue weighted by atomic mass is 35.5. The molecule has 19 heavy (non-hydrogen) atoms. The first-order valence-corrected chi connectivity index (χ1v) is 6.64. The Morgan fingerprint density at radius 2 is 1.68 bits per heavy atom. The summed E-state index contributed by atoms with van der Waals surface area (Å²) >= 11 is 5.87. The Morgan fingerprint density at radius 3 is 2.32 bits per heavy atom. The maximum absolute atomic E-state index is 5.87. The van der Waals surface area contributed by atoms with Gasteiger partial charge in [0.25, 0.3) is 0 Å². The summed E-state index contributed by atoms with van der Waals surface area (Å²) in [6.45, 7) is 8.33. The van der Waals surface area contributed by atoms with Crippen LogP contribution in [0.4, 0.5) is 0 Å². The summed E-state index contributed by atoms with van der Waals surface area (Å²) in [5, 5.41) is 0.745. The van der Waals surface area contributed by atoms with Gasteiger partial charge in [-0.2, -0.15) is 0 Å². The number of aryl methyl sites for hydroxylation is 2. The molecule has 0 nitrogen and oxygen atoms in total. The van der Waals surface area contributed by atoms with E-state index in [4.69, 9.17) is 11.6 Å². The molecule has 0 aliphatic heterocycles. The van der Waals surface area contributed by atoms with Gasteiger partial charge in [-0.25, -0.2) is 0 Å². The van der Waals surface area contributed by atoms with E-state index < -0.39 is 0 Å². The Kier molecular flexibility index (Phi) is 4.24. The summed E-state index contributed by atoms with van der Waals surface area (Å²) in [6.07, 6.45) is 4.12. The molecule has 1 heteroatoms. The Balaban J connectivity index is 2.15. The summed E-state index contributed by atoms with van der Waals surface area (Å²) in [6, 6.07) is 14.2. The monoisotopic (exact) mass is 268 g/mol. The highest BCUT2D eigenvalue weighted by Gasteiger charge is 1.96. The zero-order chi connectivity index (χ0) is 13.8. The molecule has 0 atom stereocenters. The molecule has 96 valence electrons. The smallest absolute Gasteiger partial charge is 0.0406 e. The number of halogens is 1. The van der Waals surface area contributed by atoms with Crippen LogP contribution in [0.1, 0.15) is 22.3 Å². The molecule has 2 aromatic carbocycles. The van der Waals surface area contributed by atoms with Gasteiger partial charge in [-0.15, -0.1) is 0 Å². The van der Waals surface area contributed by atoms with Crippen LogP contribution in [0.2, 0.25) is 5.02 Å². The lowest BCUT2D eigenvalue weighted by atomic mass is 10.0. The van der Waals surface area contributed by atoms with E-state index >= 15 is 0 Å². The van der Waals surface area contributed by atoms with Gasteiger partial charge < -0.3 is 0 Å². The van der Waals surface area contributed by atoms with Crippen molar-refractivity contribution in [3.8, 4) is 0 Å². The van der Waals surface area contributed by atoms with E-state index in [1.807, 2.05) is 30.3 Å². The van der Waals surface area contributed by atoms with Crippen LogP contribution in [0.3, 0.4) is 0 Å². The van der Waals surface area contributed by atoms with Gasteiger partial charge in [0.2, 0.25) is 0 Å². The molecule has 0 aromatic heterocycles. The maximum Gasteiger partial charge on any atom is 0.0406 e. The fourth-order valence-corrected chi connectivity index (χ4v) is 1.95. The van der Waals surface area contributed by atoms with Crippen LogP contribution in [-0.4, -0.2) is 0 Å². The van der Waals surface area contributed by atoms with E-state index in [-0.39, 0.29) is 0 Å². The minimum Gasteiger partial charge on any atom is -0.0912 e. The van der Waals surface area contributed by atoms with Gasteiger partial charge in [-0.3, -0.25) is 0 Å². The molecule has 2 rings (SSSR count). The molecule has 0 aliphatic carbocycles. The van der Waals surface area contributed by atoms with Crippen molar-refractivity contribution in [3.05, 3.63) is 82.4 Å². The minimum absolute atomic E-state index is 0.745. The Hall–Kier alpha value is -1.79. The first-order valence-electron chi connectivity index (χ1n) is 6.26. The van der Waals surface area contributed by atoms with Gasteiger partial charge in [0.1, 0.15) is 0 Å². The van der Waals surface area contributed by atoms with E-state index in [2.05, 4.69) is 44.7 Å². The third kappa shape index (κ3) is 3.59. The number of hydrogen-bond donors (Lipinski definition) is 0. The van der Waals surface area contributed by atoms with Crippen molar-refractivity contribution >= 4 is 23.3 Å². The molecule has 0 bridgehead atoms. The molecule has 0 saturated carbocycles. The normalized spacial score (nSPS) is 10.9. The second-order valence-corrected chi connectivity index (χ2v) is 5.15. The fraction of sp³-hybridized carbons (Fsp3) is 0.111. The average molecular weight is 269 g/mol. The van der Waals surface area contributed by atoms with Crippen LogP contribution in [0.5, 0.6) is 0 Å². The van der Waals surface area contributed by atoms with Crippen molar-refractivity contribution in [1.29, 1.82) is 0 Å². The van der Waals surface area contributed by atoms with Crippen molar-refractivity contribution in [2.45, 2.75) is 13.8 Å². The lowest BCUT2D eigenvalue weighted by Gasteiger charge is -2.02. The van der Waals surface area contributed by atoms with Gasteiger partial charge >= 0.3 is 0 Å². The summed E-state index contributed by atoms with van der Waals surface area (Å²) in [5.41, 5.74) is 5.88. The topological polar surface area (TPSA) is 0 Å². The Morgan fingerprint density at radius 1 is 1.00 bits per heavy atom. The Labute approximate surface area is 120 Å². The number of rotatable bonds is 3. The van der Waals surface area contributed by atoms with Gasteiger partial charge in [-0.05, 0) is 53.8 Å². The minimum atomic E-state index is 0.745. The zero-order valence-corrected chi connectivity index (χ0v) is 12.0. The number of allylic oxidation sites excluding steroid dienone is 2. The molecule has 0 amide bonds. The van der Waals surface area contributed by atoms with Crippen LogP contribution in [0, 0.1) is 13.8 Å². The van der Waals surface area contributed by atoms with Crippen LogP contribution in [-0.2, 0) is 0 Å². The van der Waals surface area contributed by atoms with Crippen LogP contribution in [0.25, 0.3) is 11.6 Å². The van der Waals surface area contributed by atoms with Crippen molar-refractivity contribution < 1.29 is 0 Å². The van der Waals surface area contributed by atoms with E-state index in [9.17, 15) is 0 Å². The predicted molar refractivity (Wildman–Crippen MR) is 85.4 cm³/mol. The average Bonchev–Trinajstić information content (AvgIpc) is 2.40. The molecule has 0 N–H and O–H groups in total. The molecule has 0 unspecified atom stereocenters. The standard InChI is InChI=1S/C18H17Cl/c1-13-4-6-16(12-15(13)3)7-5-14(2)17-8-10-18(19)11-9-17/h4-12H,2H2,1,3H3/b7-5+. The number of benzene rings is 2. The molecular weight excluding hydrogens is 252 g/mol. The predicted octanol–water partition coefficient (Wildman–Crippen LogP) is 5.68. The van der Waals surface area contributed by atoms with Gasteiger partial charge in [0.15, 0.2) is 0 Å². The molecular formula is C18H17Cl. The van der Waals surface area contributed by atoms with E-state index in [1.54, 1.807) is 0 Å². The quantitative estimate of drug-likeness (QED) is 0.628. The highest BCUT2D eigenvalue weighted by molar-refractivity contribution is 6.30. The maximum atomic E-state index is 5.87. The first-order chi connectivity index (χ1) is 9.06. The van der Waals surface area contributed by atoms with Crippen molar-refractivity contribution in [3.63, 3.8) is 0 Å². The summed E-state index contributed by atoms with van der Waals surface area (Å²) in [7, 11) is 0. The van der Waals surface area contributed by atoms with Crippen molar-refractivity contribution in [1.82, 2.24) is 0 Å². The second kappa shape index (κ2) is 5.90. The Bertz CT molecular complexity index is 619. The molecule has 0 fully saturated rings. The first kappa shape index (κ1) is 13.6. The second-order valence-electron chi connectivity index (χ2n) is 4.71. The zero-order valence-electron chi connectivity index (χ0n) is 11.3. The van der Waals surface area contributed by atoms with Crippen LogP contribution < -0.4 is 0 Å². The van der Waals surface area contributed by atoms with E-state index in [0.717, 1.165) is 16.2 Å². The number of hydrogen-bond acceptors (Lipinski definition) is 0. The van der Waals surface area contributed by atoms with Crippen LogP contribution >= 0.6 is 11.6 Å². The molecule has 0 saturated heterocycles. The molecule has 0 aliphatic rings. The van der Waals surface area contributed by atoms with Crippen LogP contribution in [0.15, 0.2) is 55.1 Å². The van der Waals surface area contributed by atoms with E-state index in [0.29, 0.717) is 0 Å². The molecule has 0 spiro atoms. The van der Waals surface area contributed by atoms with E-state index in [1.165, 1.54) is 16.7 Å². The molecule has 2 aromatic rings. The summed E-state index contributed by atoms with van der Waals surface area (Å²) < 4.78 is 0. The highest BCUT2D eigenvalue weighted by Crippen LogP contribution is 2.19. The molecule has 0 radical (unpaired) electrons. The third-order valence-electron chi connectivity index (χ3n) is 3.22. The third-order valence-corrected chi connectivity index (χ3v) is 3.47. The van der Waals surface area contributed by atoms with Crippen molar-refractivity contribution in [2.75, 3.05) is 0 Å². The van der Waals surface area contributed by atoms with Crippen molar-refractivity contribution in [2.24, 2.45) is 0 Å². The van der Waals surface area contributed by atoms with Gasteiger partial charge in [-0.1, -0.05) is 60.7 Å². The fourth-order valence-electron chi connectivity index (χ4n) is 1.83. The largest absolute Gasteiger partial charge is 0.0912 e. The molecule has 0 heterocycles. The summed E-state index contributed by atoms with van der Waals surface area (Å²) in [5.74, 6) is 0. The lowest BCUT2D eigenvalue weighted by Crippen LogP contribution is -1.82.